The fraction of sp³-hybridized carbons (Fsp3) is 0.348. The van der Waals surface area contributed by atoms with Gasteiger partial charge in [-0.25, -0.2) is 0 Å². The van der Waals surface area contributed by atoms with Gasteiger partial charge in [0.1, 0.15) is 12.4 Å². The number of nitrogens with one attached hydrogen (secondary N) is 1. The molecule has 0 atom stereocenters. The first-order chi connectivity index (χ1) is 14.5. The van der Waals surface area contributed by atoms with Crippen molar-refractivity contribution in [2.24, 2.45) is 0 Å². The standard InChI is InChI=1S/C23H27N3O4/c1-18-9-10-20(21(17-18)30-16-15-29-2)25-22(27)11-12-23(28)26(14-6-13-24)19-7-4-3-5-8-19/h3-5,7-10,17H,6,11-12,14-16H2,1-2H3,(H,25,27). The third-order valence-electron chi connectivity index (χ3n) is 4.34. The Morgan fingerprint density at radius 3 is 2.57 bits per heavy atom. The number of nitrogens with zero attached hydrogens (tertiary/aromatic N) is 2. The third-order valence-corrected chi connectivity index (χ3v) is 4.34. The number of carbonyl (C=O) groups excluding carboxylic acids is 2. The predicted molar refractivity (Wildman–Crippen MR) is 115 cm³/mol. The molecule has 0 saturated heterocycles. The van der Waals surface area contributed by atoms with Crippen molar-refractivity contribution in [3.05, 3.63) is 54.1 Å². The van der Waals surface area contributed by atoms with Gasteiger partial charge in [-0.15, -0.1) is 0 Å². The van der Waals surface area contributed by atoms with Gasteiger partial charge in [-0.3, -0.25) is 9.59 Å². The zero-order chi connectivity index (χ0) is 21.8. The van der Waals surface area contributed by atoms with Crippen molar-refractivity contribution in [2.45, 2.75) is 26.2 Å². The maximum atomic E-state index is 12.7. The SMILES string of the molecule is COCCOc1cc(C)ccc1NC(=O)CCC(=O)N(CCC#N)c1ccccc1. The first-order valence-electron chi connectivity index (χ1n) is 9.79. The number of methoxy groups -OCH3 is 1. The van der Waals surface area contributed by atoms with Crippen LogP contribution in [0.4, 0.5) is 11.4 Å². The predicted octanol–water partition coefficient (Wildman–Crippen LogP) is 3.69. The van der Waals surface area contributed by atoms with Crippen molar-refractivity contribution in [1.29, 1.82) is 5.26 Å². The van der Waals surface area contributed by atoms with Crippen molar-refractivity contribution in [1.82, 2.24) is 0 Å². The topological polar surface area (TPSA) is 91.7 Å². The monoisotopic (exact) mass is 409 g/mol. The molecule has 0 saturated carbocycles. The third kappa shape index (κ3) is 7.22. The highest BCUT2D eigenvalue weighted by molar-refractivity contribution is 5.98. The largest absolute Gasteiger partial charge is 0.489 e. The lowest BCUT2D eigenvalue weighted by atomic mass is 10.2. The van der Waals surface area contributed by atoms with Crippen LogP contribution in [-0.4, -0.2) is 38.7 Å². The fourth-order valence-electron chi connectivity index (χ4n) is 2.82. The summed E-state index contributed by atoms with van der Waals surface area (Å²) in [4.78, 5) is 26.7. The van der Waals surface area contributed by atoms with Gasteiger partial charge in [0.15, 0.2) is 0 Å². The molecule has 0 aliphatic carbocycles. The molecule has 2 amide bonds. The lowest BCUT2D eigenvalue weighted by Crippen LogP contribution is -2.32. The summed E-state index contributed by atoms with van der Waals surface area (Å²) in [7, 11) is 1.59. The molecule has 0 unspecified atom stereocenters. The van der Waals surface area contributed by atoms with Crippen LogP contribution in [0.25, 0.3) is 0 Å². The van der Waals surface area contributed by atoms with Crippen molar-refractivity contribution in [3.63, 3.8) is 0 Å². The van der Waals surface area contributed by atoms with E-state index in [0.29, 0.717) is 30.3 Å². The highest BCUT2D eigenvalue weighted by Crippen LogP contribution is 2.26. The van der Waals surface area contributed by atoms with E-state index in [4.69, 9.17) is 14.7 Å². The van der Waals surface area contributed by atoms with E-state index in [0.717, 1.165) is 5.56 Å². The molecule has 2 aromatic carbocycles. The Bertz CT molecular complexity index is 878. The molecular formula is C23H27N3O4. The number of carbonyl (C=O) groups is 2. The van der Waals surface area contributed by atoms with E-state index in [-0.39, 0.29) is 37.6 Å². The summed E-state index contributed by atoms with van der Waals surface area (Å²) in [5.74, 6) is 0.0795. The summed E-state index contributed by atoms with van der Waals surface area (Å²) in [6.45, 7) is 3.03. The van der Waals surface area contributed by atoms with Gasteiger partial charge in [0.25, 0.3) is 0 Å². The number of hydrogen-bond donors (Lipinski definition) is 1. The molecule has 158 valence electrons. The van der Waals surface area contributed by atoms with Crippen LogP contribution in [0, 0.1) is 18.3 Å². The van der Waals surface area contributed by atoms with Gasteiger partial charge in [-0.2, -0.15) is 5.26 Å². The van der Waals surface area contributed by atoms with Crippen LogP contribution in [0.2, 0.25) is 0 Å². The van der Waals surface area contributed by atoms with Crippen molar-refractivity contribution in [3.8, 4) is 11.8 Å². The Hall–Kier alpha value is -3.37. The maximum absolute atomic E-state index is 12.7. The number of ether oxygens (including phenoxy) is 2. The summed E-state index contributed by atoms with van der Waals surface area (Å²) in [6.07, 6.45) is 0.288. The van der Waals surface area contributed by atoms with Gasteiger partial charge >= 0.3 is 0 Å². The van der Waals surface area contributed by atoms with Crippen molar-refractivity contribution < 1.29 is 19.1 Å². The molecular weight excluding hydrogens is 382 g/mol. The summed E-state index contributed by atoms with van der Waals surface area (Å²) in [5.41, 5.74) is 2.27. The van der Waals surface area contributed by atoms with Crippen molar-refractivity contribution in [2.75, 3.05) is 37.1 Å². The zero-order valence-corrected chi connectivity index (χ0v) is 17.4. The summed E-state index contributed by atoms with van der Waals surface area (Å²) >= 11 is 0. The Labute approximate surface area is 177 Å². The Morgan fingerprint density at radius 2 is 1.87 bits per heavy atom. The van der Waals surface area contributed by atoms with Crippen LogP contribution in [0.15, 0.2) is 48.5 Å². The summed E-state index contributed by atoms with van der Waals surface area (Å²) in [5, 5.41) is 11.7. The molecule has 30 heavy (non-hydrogen) atoms. The van der Waals surface area contributed by atoms with E-state index in [1.165, 1.54) is 0 Å². The maximum Gasteiger partial charge on any atom is 0.227 e. The molecule has 0 radical (unpaired) electrons. The number of benzene rings is 2. The lowest BCUT2D eigenvalue weighted by Gasteiger charge is -2.21. The molecule has 0 spiro atoms. The summed E-state index contributed by atoms with van der Waals surface area (Å²) in [6, 6.07) is 16.7. The zero-order valence-electron chi connectivity index (χ0n) is 17.4. The van der Waals surface area contributed by atoms with Gasteiger partial charge in [0.05, 0.1) is 24.8 Å². The Balaban J connectivity index is 1.97. The lowest BCUT2D eigenvalue weighted by molar-refractivity contribution is -0.122. The Kier molecular flexibility index (Phi) is 9.35. The van der Waals surface area contributed by atoms with E-state index >= 15 is 0 Å². The van der Waals surface area contributed by atoms with E-state index in [2.05, 4.69) is 11.4 Å². The van der Waals surface area contributed by atoms with Gasteiger partial charge < -0.3 is 19.7 Å². The van der Waals surface area contributed by atoms with E-state index < -0.39 is 0 Å². The molecule has 7 nitrogen and oxygen atoms in total. The van der Waals surface area contributed by atoms with E-state index in [1.807, 2.05) is 49.4 Å². The van der Waals surface area contributed by atoms with Gasteiger partial charge in [-0.05, 0) is 36.8 Å². The second-order valence-electron chi connectivity index (χ2n) is 6.68. The second-order valence-corrected chi connectivity index (χ2v) is 6.68. The number of hydrogen-bond acceptors (Lipinski definition) is 5. The molecule has 0 bridgehead atoms. The highest BCUT2D eigenvalue weighted by Gasteiger charge is 2.17. The molecule has 0 aromatic heterocycles. The van der Waals surface area contributed by atoms with E-state index in [1.54, 1.807) is 18.1 Å². The molecule has 2 rings (SSSR count). The number of nitriles is 1. The molecule has 1 N–H and O–H groups in total. The fourth-order valence-corrected chi connectivity index (χ4v) is 2.82. The van der Waals surface area contributed by atoms with Crippen LogP contribution in [0.3, 0.4) is 0 Å². The van der Waals surface area contributed by atoms with Gasteiger partial charge in [0, 0.05) is 32.2 Å². The molecule has 0 fully saturated rings. The first-order valence-corrected chi connectivity index (χ1v) is 9.79. The second kappa shape index (κ2) is 12.2. The molecule has 0 heterocycles. The quantitative estimate of drug-likeness (QED) is 0.572. The highest BCUT2D eigenvalue weighted by atomic mass is 16.5. The first kappa shape index (κ1) is 22.9. The van der Waals surface area contributed by atoms with Crippen LogP contribution >= 0.6 is 0 Å². The number of rotatable bonds is 11. The molecule has 7 heteroatoms. The van der Waals surface area contributed by atoms with E-state index in [9.17, 15) is 9.59 Å². The molecule has 2 aromatic rings. The number of amides is 2. The average molecular weight is 409 g/mol. The smallest absolute Gasteiger partial charge is 0.227 e. The minimum absolute atomic E-state index is 0.0279. The Morgan fingerprint density at radius 1 is 1.10 bits per heavy atom. The van der Waals surface area contributed by atoms with Crippen LogP contribution < -0.4 is 15.0 Å². The van der Waals surface area contributed by atoms with Gasteiger partial charge in [-0.1, -0.05) is 24.3 Å². The van der Waals surface area contributed by atoms with Crippen LogP contribution in [-0.2, 0) is 14.3 Å². The average Bonchev–Trinajstić information content (AvgIpc) is 2.75. The number of aryl methyl sites for hydroxylation is 1. The number of anilines is 2. The van der Waals surface area contributed by atoms with Gasteiger partial charge in [0.2, 0.25) is 11.8 Å². The minimum atomic E-state index is -0.280. The normalized spacial score (nSPS) is 10.2. The van der Waals surface area contributed by atoms with Crippen LogP contribution in [0.1, 0.15) is 24.8 Å². The van der Waals surface area contributed by atoms with Crippen molar-refractivity contribution >= 4 is 23.2 Å². The number of para-hydroxylation sites is 1. The minimum Gasteiger partial charge on any atom is -0.489 e. The van der Waals surface area contributed by atoms with Crippen LogP contribution in [0.5, 0.6) is 5.75 Å². The molecule has 0 aliphatic rings. The molecule has 0 aliphatic heterocycles. The summed E-state index contributed by atoms with van der Waals surface area (Å²) < 4.78 is 10.7.